The Morgan fingerprint density at radius 1 is 1.18 bits per heavy atom. The number of para-hydroxylation sites is 1. The van der Waals surface area contributed by atoms with E-state index in [0.29, 0.717) is 4.88 Å². The van der Waals surface area contributed by atoms with Gasteiger partial charge in [-0.2, -0.15) is 0 Å². The fourth-order valence-corrected chi connectivity index (χ4v) is 3.99. The number of nitrogens with zero attached hydrogens (tertiary/aromatic N) is 2. The highest BCUT2D eigenvalue weighted by Crippen LogP contribution is 2.32. The molecule has 0 saturated carbocycles. The van der Waals surface area contributed by atoms with E-state index >= 15 is 0 Å². The van der Waals surface area contributed by atoms with Gasteiger partial charge in [0.2, 0.25) is 0 Å². The molecule has 0 atom stereocenters. The first-order valence-corrected chi connectivity index (χ1v) is 8.38. The van der Waals surface area contributed by atoms with Gasteiger partial charge >= 0.3 is 0 Å². The lowest BCUT2D eigenvalue weighted by atomic mass is 10.1. The number of rotatable bonds is 2. The Morgan fingerprint density at radius 2 is 1.91 bits per heavy atom. The summed E-state index contributed by atoms with van der Waals surface area (Å²) < 4.78 is 0.855. The van der Waals surface area contributed by atoms with Gasteiger partial charge < -0.3 is 5.32 Å². The number of thiophene rings is 1. The number of halogens is 1. The summed E-state index contributed by atoms with van der Waals surface area (Å²) in [6, 6.07) is 7.55. The summed E-state index contributed by atoms with van der Waals surface area (Å²) in [4.78, 5) is 23.0. The third-order valence-corrected chi connectivity index (χ3v) is 5.29. The number of hydrogen-bond acceptors (Lipinski definition) is 4. The van der Waals surface area contributed by atoms with Crippen molar-refractivity contribution in [3.63, 3.8) is 0 Å². The summed E-state index contributed by atoms with van der Waals surface area (Å²) in [5.74, 6) is 0.605. The van der Waals surface area contributed by atoms with Gasteiger partial charge in [0, 0.05) is 15.6 Å². The highest BCUT2D eigenvalue weighted by molar-refractivity contribution is 9.10. The normalized spacial score (nSPS) is 10.9. The molecule has 0 spiro atoms. The third-order valence-electron chi connectivity index (χ3n) is 3.41. The average Bonchev–Trinajstić information content (AvgIpc) is 2.78. The molecule has 112 valence electrons. The number of hydrogen-bond donors (Lipinski definition) is 1. The predicted molar refractivity (Wildman–Crippen MR) is 93.7 cm³/mol. The third kappa shape index (κ3) is 2.64. The zero-order valence-electron chi connectivity index (χ0n) is 12.4. The van der Waals surface area contributed by atoms with Crippen LogP contribution in [0.2, 0.25) is 0 Å². The molecule has 0 fully saturated rings. The quantitative estimate of drug-likeness (QED) is 0.710. The van der Waals surface area contributed by atoms with Crippen molar-refractivity contribution in [1.29, 1.82) is 0 Å². The van der Waals surface area contributed by atoms with Gasteiger partial charge in [0.05, 0.1) is 10.6 Å². The molecule has 2 aromatic heterocycles. The van der Waals surface area contributed by atoms with Crippen LogP contribution in [0, 0.1) is 20.8 Å². The minimum absolute atomic E-state index is 0.121. The molecular weight excluding hydrogens is 362 g/mol. The minimum Gasteiger partial charge on any atom is -0.320 e. The number of nitrogens with one attached hydrogen (secondary N) is 1. The Hall–Kier alpha value is -1.79. The number of carbonyl (C=O) groups is 1. The maximum absolute atomic E-state index is 12.6. The first-order valence-electron chi connectivity index (χ1n) is 6.77. The Bertz CT molecular complexity index is 888. The second kappa shape index (κ2) is 5.78. The lowest BCUT2D eigenvalue weighted by Crippen LogP contribution is -2.11. The molecule has 4 nitrogen and oxygen atoms in total. The topological polar surface area (TPSA) is 54.9 Å². The number of carbonyl (C=O) groups excluding carboxylic acids is 1. The molecule has 3 rings (SSSR count). The second-order valence-corrected chi connectivity index (χ2v) is 6.88. The van der Waals surface area contributed by atoms with E-state index in [4.69, 9.17) is 0 Å². The van der Waals surface area contributed by atoms with Crippen molar-refractivity contribution in [2.45, 2.75) is 20.8 Å². The van der Waals surface area contributed by atoms with Crippen molar-refractivity contribution in [1.82, 2.24) is 9.97 Å². The Morgan fingerprint density at radius 3 is 2.64 bits per heavy atom. The summed E-state index contributed by atoms with van der Waals surface area (Å²) in [6.45, 7) is 5.76. The van der Waals surface area contributed by atoms with Gasteiger partial charge in [-0.05, 0) is 54.4 Å². The molecule has 1 N–H and O–H groups in total. The maximum atomic E-state index is 12.6. The summed E-state index contributed by atoms with van der Waals surface area (Å²) >= 11 is 4.84. The number of aryl methyl sites for hydroxylation is 3. The molecule has 2 heterocycles. The first kappa shape index (κ1) is 15.1. The number of fused-ring (bicyclic) bond motifs is 1. The molecule has 0 unspecified atom stereocenters. The molecular formula is C16H14BrN3OS. The van der Waals surface area contributed by atoms with Gasteiger partial charge in [-0.3, -0.25) is 4.79 Å². The number of amides is 1. The smallest absolute Gasteiger partial charge is 0.266 e. The van der Waals surface area contributed by atoms with Crippen molar-refractivity contribution >= 4 is 49.1 Å². The van der Waals surface area contributed by atoms with Crippen LogP contribution in [0.15, 0.2) is 28.7 Å². The number of aromatic nitrogens is 2. The molecule has 22 heavy (non-hydrogen) atoms. The Kier molecular flexibility index (Phi) is 3.97. The summed E-state index contributed by atoms with van der Waals surface area (Å²) in [6.07, 6.45) is 0. The minimum atomic E-state index is -0.121. The van der Waals surface area contributed by atoms with Crippen LogP contribution in [0.4, 0.5) is 5.69 Å². The molecule has 6 heteroatoms. The molecule has 0 bridgehead atoms. The van der Waals surface area contributed by atoms with Gasteiger partial charge in [0.1, 0.15) is 10.7 Å². The fraction of sp³-hybridized carbons (Fsp3) is 0.188. The first-order chi connectivity index (χ1) is 10.5. The van der Waals surface area contributed by atoms with Crippen LogP contribution in [0.1, 0.15) is 26.8 Å². The highest BCUT2D eigenvalue weighted by atomic mass is 79.9. The van der Waals surface area contributed by atoms with E-state index in [0.717, 1.165) is 37.5 Å². The number of anilines is 1. The van der Waals surface area contributed by atoms with E-state index in [1.54, 1.807) is 0 Å². The van der Waals surface area contributed by atoms with Crippen molar-refractivity contribution in [3.8, 4) is 0 Å². The van der Waals surface area contributed by atoms with Gasteiger partial charge in [-0.1, -0.05) is 12.1 Å². The lowest BCUT2D eigenvalue weighted by molar-refractivity contribution is 0.103. The molecule has 0 radical (unpaired) electrons. The van der Waals surface area contributed by atoms with Crippen molar-refractivity contribution in [3.05, 3.63) is 50.7 Å². The van der Waals surface area contributed by atoms with Crippen LogP contribution in [0.5, 0.6) is 0 Å². The van der Waals surface area contributed by atoms with Crippen molar-refractivity contribution < 1.29 is 4.79 Å². The molecule has 3 aromatic rings. The van der Waals surface area contributed by atoms with Gasteiger partial charge in [-0.25, -0.2) is 9.97 Å². The van der Waals surface area contributed by atoms with Crippen LogP contribution in [0.3, 0.4) is 0 Å². The Balaban J connectivity index is 2.03. The van der Waals surface area contributed by atoms with Gasteiger partial charge in [0.15, 0.2) is 0 Å². The molecule has 0 aliphatic heterocycles. The van der Waals surface area contributed by atoms with Crippen LogP contribution in [0.25, 0.3) is 10.2 Å². The van der Waals surface area contributed by atoms with Crippen molar-refractivity contribution in [2.24, 2.45) is 0 Å². The summed E-state index contributed by atoms with van der Waals surface area (Å²) in [7, 11) is 0. The Labute approximate surface area is 140 Å². The predicted octanol–water partition coefficient (Wildman–Crippen LogP) is 4.63. The molecule has 1 aromatic carbocycles. The van der Waals surface area contributed by atoms with E-state index in [1.165, 1.54) is 11.3 Å². The molecule has 0 aliphatic carbocycles. The van der Waals surface area contributed by atoms with Gasteiger partial charge in [-0.15, -0.1) is 11.3 Å². The van der Waals surface area contributed by atoms with E-state index in [2.05, 4.69) is 31.2 Å². The fourth-order valence-electron chi connectivity index (χ4n) is 2.43. The van der Waals surface area contributed by atoms with Crippen LogP contribution >= 0.6 is 27.3 Å². The van der Waals surface area contributed by atoms with Crippen LogP contribution in [-0.2, 0) is 0 Å². The highest BCUT2D eigenvalue weighted by Gasteiger charge is 2.19. The second-order valence-electron chi connectivity index (χ2n) is 5.03. The molecule has 0 aliphatic rings. The van der Waals surface area contributed by atoms with E-state index in [1.807, 2.05) is 45.0 Å². The largest absolute Gasteiger partial charge is 0.320 e. The average molecular weight is 376 g/mol. The SMILES string of the molecule is Cc1nc(C)c2c(C)c(C(=O)Nc3ccccc3Br)sc2n1. The zero-order chi connectivity index (χ0) is 15.9. The molecule has 0 saturated heterocycles. The summed E-state index contributed by atoms with van der Waals surface area (Å²) in [5.41, 5.74) is 2.60. The number of benzene rings is 1. The van der Waals surface area contributed by atoms with E-state index in [-0.39, 0.29) is 5.91 Å². The standard InChI is InChI=1S/C16H14BrN3OS/c1-8-13-9(2)18-10(3)19-16(13)22-14(8)15(21)20-12-7-5-4-6-11(12)17/h4-7H,1-3H3,(H,20,21). The maximum Gasteiger partial charge on any atom is 0.266 e. The van der Waals surface area contributed by atoms with Crippen LogP contribution in [-0.4, -0.2) is 15.9 Å². The van der Waals surface area contributed by atoms with Crippen molar-refractivity contribution in [2.75, 3.05) is 5.32 Å². The molecule has 1 amide bonds. The monoisotopic (exact) mass is 375 g/mol. The van der Waals surface area contributed by atoms with Crippen LogP contribution < -0.4 is 5.32 Å². The lowest BCUT2D eigenvalue weighted by Gasteiger charge is -2.06. The summed E-state index contributed by atoms with van der Waals surface area (Å²) in [5, 5.41) is 3.92. The van der Waals surface area contributed by atoms with E-state index in [9.17, 15) is 4.79 Å². The zero-order valence-corrected chi connectivity index (χ0v) is 14.8. The van der Waals surface area contributed by atoms with Gasteiger partial charge in [0.25, 0.3) is 5.91 Å². The van der Waals surface area contributed by atoms with E-state index < -0.39 is 0 Å².